The van der Waals surface area contributed by atoms with Gasteiger partial charge in [0.05, 0.1) is 5.56 Å². The molecule has 1 aromatic rings. The fourth-order valence-corrected chi connectivity index (χ4v) is 2.35. The molecule has 23 heavy (non-hydrogen) atoms. The number of ether oxygens (including phenoxy) is 1. The molecule has 1 aliphatic heterocycles. The standard InChI is InChI=1S/C16H23N3O4/c1-16(2,3)23-15(22)19-8-6-12(7-9-19)18-14(21)11-4-5-13(20)17-10-11/h4-5,10,12H,6-9H2,1-3H3,(H,17,20)(H,18,21). The number of carbonyl (C=O) groups excluding carboxylic acids is 2. The molecule has 1 aliphatic rings. The number of pyridine rings is 1. The molecular formula is C16H23N3O4. The lowest BCUT2D eigenvalue weighted by Crippen LogP contribution is -2.47. The lowest BCUT2D eigenvalue weighted by Gasteiger charge is -2.33. The van der Waals surface area contributed by atoms with Crippen molar-refractivity contribution in [3.8, 4) is 0 Å². The average Bonchev–Trinajstić information content (AvgIpc) is 2.46. The molecule has 2 N–H and O–H groups in total. The largest absolute Gasteiger partial charge is 0.444 e. The topological polar surface area (TPSA) is 91.5 Å². The summed E-state index contributed by atoms with van der Waals surface area (Å²) in [6.45, 7) is 6.60. The summed E-state index contributed by atoms with van der Waals surface area (Å²) >= 11 is 0. The van der Waals surface area contributed by atoms with Crippen LogP contribution in [0.5, 0.6) is 0 Å². The third-order valence-corrected chi connectivity index (χ3v) is 3.53. The monoisotopic (exact) mass is 321 g/mol. The number of nitrogens with zero attached hydrogens (tertiary/aromatic N) is 1. The molecular weight excluding hydrogens is 298 g/mol. The summed E-state index contributed by atoms with van der Waals surface area (Å²) in [5.74, 6) is -0.225. The maximum absolute atomic E-state index is 12.1. The minimum atomic E-state index is -0.508. The van der Waals surface area contributed by atoms with E-state index in [1.807, 2.05) is 20.8 Å². The van der Waals surface area contributed by atoms with Crippen LogP contribution in [0.15, 0.2) is 23.1 Å². The Bertz CT molecular complexity index is 604. The number of aromatic amines is 1. The molecule has 0 aromatic carbocycles. The fourth-order valence-electron chi connectivity index (χ4n) is 2.35. The second-order valence-electron chi connectivity index (χ2n) is 6.66. The van der Waals surface area contributed by atoms with E-state index in [4.69, 9.17) is 4.74 Å². The lowest BCUT2D eigenvalue weighted by atomic mass is 10.0. The van der Waals surface area contributed by atoms with Crippen LogP contribution in [0.25, 0.3) is 0 Å². The van der Waals surface area contributed by atoms with Crippen LogP contribution in [0, 0.1) is 0 Å². The molecule has 126 valence electrons. The molecule has 0 atom stereocenters. The average molecular weight is 321 g/mol. The van der Waals surface area contributed by atoms with Crippen molar-refractivity contribution in [1.29, 1.82) is 0 Å². The first-order valence-corrected chi connectivity index (χ1v) is 7.72. The molecule has 2 amide bonds. The maximum Gasteiger partial charge on any atom is 0.410 e. The molecule has 1 fully saturated rings. The highest BCUT2D eigenvalue weighted by Gasteiger charge is 2.27. The van der Waals surface area contributed by atoms with Crippen LogP contribution < -0.4 is 10.9 Å². The third kappa shape index (κ3) is 5.12. The Hall–Kier alpha value is -2.31. The van der Waals surface area contributed by atoms with E-state index < -0.39 is 5.60 Å². The zero-order chi connectivity index (χ0) is 17.0. The Kier molecular flexibility index (Phi) is 5.08. The van der Waals surface area contributed by atoms with Gasteiger partial charge in [0.1, 0.15) is 5.60 Å². The van der Waals surface area contributed by atoms with Crippen LogP contribution in [0.4, 0.5) is 4.79 Å². The molecule has 7 nitrogen and oxygen atoms in total. The Morgan fingerprint density at radius 2 is 1.91 bits per heavy atom. The Balaban J connectivity index is 1.82. The van der Waals surface area contributed by atoms with E-state index in [1.165, 1.54) is 18.3 Å². The first-order chi connectivity index (χ1) is 10.7. The number of likely N-dealkylation sites (tertiary alicyclic amines) is 1. The smallest absolute Gasteiger partial charge is 0.410 e. The van der Waals surface area contributed by atoms with Gasteiger partial charge in [0.15, 0.2) is 0 Å². The van der Waals surface area contributed by atoms with Crippen LogP contribution in [-0.2, 0) is 4.74 Å². The number of nitrogens with one attached hydrogen (secondary N) is 2. The van der Waals surface area contributed by atoms with Crippen molar-refractivity contribution in [2.75, 3.05) is 13.1 Å². The Labute approximate surface area is 135 Å². The molecule has 1 aromatic heterocycles. The van der Waals surface area contributed by atoms with Crippen LogP contribution in [0.1, 0.15) is 44.0 Å². The van der Waals surface area contributed by atoms with Gasteiger partial charge >= 0.3 is 6.09 Å². The minimum absolute atomic E-state index is 0.00751. The molecule has 0 saturated carbocycles. The number of H-pyrrole nitrogens is 1. The Morgan fingerprint density at radius 1 is 1.26 bits per heavy atom. The highest BCUT2D eigenvalue weighted by atomic mass is 16.6. The number of carbonyl (C=O) groups is 2. The molecule has 0 spiro atoms. The summed E-state index contributed by atoms with van der Waals surface area (Å²) < 4.78 is 5.34. The van der Waals surface area contributed by atoms with Crippen molar-refractivity contribution in [3.05, 3.63) is 34.2 Å². The zero-order valence-corrected chi connectivity index (χ0v) is 13.7. The quantitative estimate of drug-likeness (QED) is 0.863. The van der Waals surface area contributed by atoms with E-state index >= 15 is 0 Å². The normalized spacial score (nSPS) is 16.0. The molecule has 0 unspecified atom stereocenters. The van der Waals surface area contributed by atoms with Crippen molar-refractivity contribution < 1.29 is 14.3 Å². The number of piperidine rings is 1. The number of aromatic nitrogens is 1. The SMILES string of the molecule is CC(C)(C)OC(=O)N1CCC(NC(=O)c2ccc(=O)[nH]c2)CC1. The van der Waals surface area contributed by atoms with E-state index in [-0.39, 0.29) is 23.6 Å². The predicted octanol–water partition coefficient (Wildman–Crippen LogP) is 1.50. The minimum Gasteiger partial charge on any atom is -0.444 e. The highest BCUT2D eigenvalue weighted by Crippen LogP contribution is 2.15. The van der Waals surface area contributed by atoms with Gasteiger partial charge in [-0.15, -0.1) is 0 Å². The second kappa shape index (κ2) is 6.85. The molecule has 0 aliphatic carbocycles. The van der Waals surface area contributed by atoms with Crippen LogP contribution in [-0.4, -0.2) is 46.6 Å². The lowest BCUT2D eigenvalue weighted by molar-refractivity contribution is 0.0199. The van der Waals surface area contributed by atoms with Crippen molar-refractivity contribution in [2.24, 2.45) is 0 Å². The summed E-state index contributed by atoms with van der Waals surface area (Å²) in [7, 11) is 0. The van der Waals surface area contributed by atoms with Crippen molar-refractivity contribution >= 4 is 12.0 Å². The van der Waals surface area contributed by atoms with Gasteiger partial charge in [-0.2, -0.15) is 0 Å². The molecule has 2 heterocycles. The number of amides is 2. The maximum atomic E-state index is 12.1. The van der Waals surface area contributed by atoms with Gasteiger partial charge < -0.3 is 19.9 Å². The van der Waals surface area contributed by atoms with Crippen LogP contribution >= 0.6 is 0 Å². The number of rotatable bonds is 2. The summed E-state index contributed by atoms with van der Waals surface area (Å²) in [4.78, 5) is 39.2. The first-order valence-electron chi connectivity index (χ1n) is 7.72. The highest BCUT2D eigenvalue weighted by molar-refractivity contribution is 5.94. The van der Waals surface area contributed by atoms with Gasteiger partial charge in [0.2, 0.25) is 5.56 Å². The summed E-state index contributed by atoms with van der Waals surface area (Å²) in [5.41, 5.74) is -0.335. The van der Waals surface area contributed by atoms with E-state index in [0.29, 0.717) is 31.5 Å². The summed E-state index contributed by atoms with van der Waals surface area (Å²) in [6.07, 6.45) is 2.43. The van der Waals surface area contributed by atoms with Gasteiger partial charge in [0.25, 0.3) is 5.91 Å². The van der Waals surface area contributed by atoms with Crippen molar-refractivity contribution in [1.82, 2.24) is 15.2 Å². The third-order valence-electron chi connectivity index (χ3n) is 3.53. The van der Waals surface area contributed by atoms with Crippen molar-refractivity contribution in [3.63, 3.8) is 0 Å². The molecule has 7 heteroatoms. The second-order valence-corrected chi connectivity index (χ2v) is 6.66. The van der Waals surface area contributed by atoms with Gasteiger partial charge in [-0.05, 0) is 39.7 Å². The van der Waals surface area contributed by atoms with E-state index in [2.05, 4.69) is 10.3 Å². The Morgan fingerprint density at radius 3 is 2.43 bits per heavy atom. The fraction of sp³-hybridized carbons (Fsp3) is 0.562. The van der Waals surface area contributed by atoms with Crippen molar-refractivity contribution in [2.45, 2.75) is 45.3 Å². The number of hydrogen-bond donors (Lipinski definition) is 2. The zero-order valence-electron chi connectivity index (χ0n) is 13.7. The number of hydrogen-bond acceptors (Lipinski definition) is 4. The first kappa shape index (κ1) is 17.1. The van der Waals surface area contributed by atoms with Gasteiger partial charge in [0, 0.05) is 31.4 Å². The van der Waals surface area contributed by atoms with Crippen LogP contribution in [0.3, 0.4) is 0 Å². The van der Waals surface area contributed by atoms with Gasteiger partial charge in [-0.25, -0.2) is 4.79 Å². The molecule has 2 rings (SSSR count). The summed E-state index contributed by atoms with van der Waals surface area (Å²) in [6, 6.07) is 2.82. The predicted molar refractivity (Wildman–Crippen MR) is 85.4 cm³/mol. The molecule has 0 radical (unpaired) electrons. The van der Waals surface area contributed by atoms with Gasteiger partial charge in [-0.1, -0.05) is 0 Å². The van der Waals surface area contributed by atoms with Gasteiger partial charge in [-0.3, -0.25) is 9.59 Å². The summed E-state index contributed by atoms with van der Waals surface area (Å²) in [5, 5.41) is 2.92. The molecule has 1 saturated heterocycles. The van der Waals surface area contributed by atoms with E-state index in [1.54, 1.807) is 4.90 Å². The van der Waals surface area contributed by atoms with Crippen LogP contribution in [0.2, 0.25) is 0 Å². The molecule has 0 bridgehead atoms. The van der Waals surface area contributed by atoms with E-state index in [0.717, 1.165) is 0 Å². The van der Waals surface area contributed by atoms with E-state index in [9.17, 15) is 14.4 Å².